The molecule has 2 aromatic rings. The average molecular weight is 378 g/mol. The molecule has 1 spiro atoms. The average Bonchev–Trinajstić information content (AvgIpc) is 3.35. The molecule has 4 aliphatic rings. The van der Waals surface area contributed by atoms with Gasteiger partial charge in [-0.2, -0.15) is 0 Å². The van der Waals surface area contributed by atoms with Crippen molar-refractivity contribution in [2.24, 2.45) is 0 Å². The van der Waals surface area contributed by atoms with Crippen molar-refractivity contribution in [3.8, 4) is 11.5 Å². The Morgan fingerprint density at radius 3 is 2.82 bits per heavy atom. The molecule has 0 N–H and O–H groups in total. The fourth-order valence-corrected chi connectivity index (χ4v) is 5.14. The third-order valence-electron chi connectivity index (χ3n) is 6.30. The lowest BCUT2D eigenvalue weighted by Crippen LogP contribution is -2.56. The first-order valence-electron chi connectivity index (χ1n) is 9.27. The van der Waals surface area contributed by atoms with Crippen LogP contribution in [0.4, 0.5) is 10.5 Å². The van der Waals surface area contributed by atoms with Crippen LogP contribution in [0.3, 0.4) is 0 Å². The van der Waals surface area contributed by atoms with Crippen molar-refractivity contribution in [2.45, 2.75) is 18.0 Å². The number of rotatable bonds is 1. The smallest absolute Gasteiger partial charge is 0.332 e. The summed E-state index contributed by atoms with van der Waals surface area (Å²) in [6.45, 7) is 1.78. The summed E-state index contributed by atoms with van der Waals surface area (Å²) < 4.78 is 11.1. The standard InChI is InChI=1S/C20H18N4O4/c1-22-9-15-14-6-17-16(27-11-28-17)5-12(14)8-23-19(26)24(13-3-2-4-21-7-13)18(25)20(15,23)10-22/h2-7,15H,8-11H2,1H3/t15-,20-/m0/s1. The molecule has 0 aliphatic carbocycles. The molecule has 8 nitrogen and oxygen atoms in total. The molecule has 8 heteroatoms. The van der Waals surface area contributed by atoms with Crippen molar-refractivity contribution in [1.29, 1.82) is 0 Å². The van der Waals surface area contributed by atoms with Crippen LogP contribution in [0.15, 0.2) is 36.7 Å². The summed E-state index contributed by atoms with van der Waals surface area (Å²) in [5.41, 5.74) is 1.68. The second kappa shape index (κ2) is 5.23. The fourth-order valence-electron chi connectivity index (χ4n) is 5.14. The van der Waals surface area contributed by atoms with E-state index in [-0.39, 0.29) is 24.6 Å². The molecule has 0 unspecified atom stereocenters. The topological polar surface area (TPSA) is 75.2 Å². The number of imide groups is 1. The van der Waals surface area contributed by atoms with Gasteiger partial charge in [0.25, 0.3) is 5.91 Å². The molecule has 1 aromatic heterocycles. The van der Waals surface area contributed by atoms with Crippen molar-refractivity contribution in [1.82, 2.24) is 14.8 Å². The third-order valence-corrected chi connectivity index (χ3v) is 6.30. The Morgan fingerprint density at radius 2 is 2.04 bits per heavy atom. The van der Waals surface area contributed by atoms with Gasteiger partial charge in [-0.1, -0.05) is 0 Å². The third kappa shape index (κ3) is 1.80. The molecular weight excluding hydrogens is 360 g/mol. The van der Waals surface area contributed by atoms with Crippen LogP contribution in [0.1, 0.15) is 17.0 Å². The van der Waals surface area contributed by atoms with Crippen molar-refractivity contribution < 1.29 is 19.1 Å². The molecule has 3 amide bonds. The van der Waals surface area contributed by atoms with E-state index in [1.807, 2.05) is 19.2 Å². The Hall–Kier alpha value is -3.13. The maximum absolute atomic E-state index is 13.7. The van der Waals surface area contributed by atoms with Gasteiger partial charge in [0.15, 0.2) is 11.5 Å². The Labute approximate surface area is 161 Å². The van der Waals surface area contributed by atoms with Crippen LogP contribution < -0.4 is 14.4 Å². The van der Waals surface area contributed by atoms with Crippen molar-refractivity contribution in [3.63, 3.8) is 0 Å². The number of fused-ring (bicyclic) bond motifs is 3. The van der Waals surface area contributed by atoms with E-state index in [1.54, 1.807) is 29.4 Å². The summed E-state index contributed by atoms with van der Waals surface area (Å²) in [7, 11) is 1.99. The van der Waals surface area contributed by atoms with E-state index in [9.17, 15) is 9.59 Å². The SMILES string of the molecule is CN1C[C@H]2c3cc4c(cc3CN3C(=O)N(c5cccnc5)C(=O)[C@]23C1)OCO4. The Bertz CT molecular complexity index is 1030. The van der Waals surface area contributed by atoms with E-state index in [2.05, 4.69) is 9.88 Å². The number of amides is 3. The highest BCUT2D eigenvalue weighted by Crippen LogP contribution is 2.52. The Balaban J connectivity index is 1.53. The van der Waals surface area contributed by atoms with Gasteiger partial charge >= 0.3 is 6.03 Å². The van der Waals surface area contributed by atoms with Crippen LogP contribution in [-0.2, 0) is 11.3 Å². The van der Waals surface area contributed by atoms with Crippen LogP contribution >= 0.6 is 0 Å². The Morgan fingerprint density at radius 1 is 1.21 bits per heavy atom. The van der Waals surface area contributed by atoms with E-state index in [0.717, 1.165) is 11.1 Å². The number of likely N-dealkylation sites (N-methyl/N-ethyl adjacent to an activating group) is 1. The quantitative estimate of drug-likeness (QED) is 0.701. The molecule has 0 bridgehead atoms. The van der Waals surface area contributed by atoms with Crippen molar-refractivity contribution >= 4 is 17.6 Å². The highest BCUT2D eigenvalue weighted by atomic mass is 16.7. The van der Waals surface area contributed by atoms with Gasteiger partial charge in [-0.25, -0.2) is 9.69 Å². The van der Waals surface area contributed by atoms with Gasteiger partial charge in [-0.3, -0.25) is 9.78 Å². The number of nitrogens with zero attached hydrogens (tertiary/aromatic N) is 4. The van der Waals surface area contributed by atoms with Crippen LogP contribution in [0.25, 0.3) is 0 Å². The monoisotopic (exact) mass is 378 g/mol. The minimum atomic E-state index is -0.900. The molecule has 5 heterocycles. The second-order valence-corrected chi connectivity index (χ2v) is 7.80. The minimum absolute atomic E-state index is 0.117. The molecule has 0 saturated carbocycles. The van der Waals surface area contributed by atoms with E-state index in [1.165, 1.54) is 4.90 Å². The molecule has 6 rings (SSSR count). The van der Waals surface area contributed by atoms with Gasteiger partial charge < -0.3 is 19.3 Å². The summed E-state index contributed by atoms with van der Waals surface area (Å²) in [5.74, 6) is 1.11. The number of ether oxygens (including phenoxy) is 2. The fraction of sp³-hybridized carbons (Fsp3) is 0.350. The maximum Gasteiger partial charge on any atom is 0.332 e. The number of carbonyl (C=O) groups excluding carboxylic acids is 2. The minimum Gasteiger partial charge on any atom is -0.454 e. The lowest BCUT2D eigenvalue weighted by atomic mass is 9.75. The number of anilines is 1. The number of hydrogen-bond donors (Lipinski definition) is 0. The van der Waals surface area contributed by atoms with E-state index >= 15 is 0 Å². The molecule has 2 atom stereocenters. The molecule has 2 saturated heterocycles. The Kier molecular flexibility index (Phi) is 2.97. The molecule has 2 fully saturated rings. The maximum atomic E-state index is 13.7. The molecule has 142 valence electrons. The van der Waals surface area contributed by atoms with Crippen molar-refractivity contribution in [3.05, 3.63) is 47.8 Å². The van der Waals surface area contributed by atoms with Gasteiger partial charge in [0.05, 0.1) is 11.9 Å². The zero-order valence-electron chi connectivity index (χ0n) is 15.3. The number of pyridine rings is 1. The predicted octanol–water partition coefficient (Wildman–Crippen LogP) is 1.56. The second-order valence-electron chi connectivity index (χ2n) is 7.80. The van der Waals surface area contributed by atoms with E-state index in [0.29, 0.717) is 36.8 Å². The first-order valence-corrected chi connectivity index (χ1v) is 9.27. The number of likely N-dealkylation sites (tertiary alicyclic amines) is 1. The zero-order chi connectivity index (χ0) is 19.0. The number of aromatic nitrogens is 1. The summed E-state index contributed by atoms with van der Waals surface area (Å²) in [5, 5.41) is 0. The predicted molar refractivity (Wildman–Crippen MR) is 98.2 cm³/mol. The molecule has 28 heavy (non-hydrogen) atoms. The summed E-state index contributed by atoms with van der Waals surface area (Å²) in [4.78, 5) is 36.3. The van der Waals surface area contributed by atoms with Crippen LogP contribution in [-0.4, -0.2) is 59.2 Å². The summed E-state index contributed by atoms with van der Waals surface area (Å²) in [6.07, 6.45) is 3.19. The lowest BCUT2D eigenvalue weighted by molar-refractivity contribution is -0.125. The highest BCUT2D eigenvalue weighted by molar-refractivity contribution is 6.24. The van der Waals surface area contributed by atoms with Crippen LogP contribution in [0, 0.1) is 0 Å². The molecule has 0 radical (unpaired) electrons. The molecule has 4 aliphatic heterocycles. The number of benzene rings is 1. The largest absolute Gasteiger partial charge is 0.454 e. The van der Waals surface area contributed by atoms with Gasteiger partial charge in [0.2, 0.25) is 6.79 Å². The van der Waals surface area contributed by atoms with E-state index in [4.69, 9.17) is 9.47 Å². The van der Waals surface area contributed by atoms with E-state index < -0.39 is 5.54 Å². The summed E-state index contributed by atoms with van der Waals surface area (Å²) in [6, 6.07) is 7.13. The highest BCUT2D eigenvalue weighted by Gasteiger charge is 2.66. The summed E-state index contributed by atoms with van der Waals surface area (Å²) >= 11 is 0. The van der Waals surface area contributed by atoms with Crippen molar-refractivity contribution in [2.75, 3.05) is 31.8 Å². The first kappa shape index (κ1) is 15.9. The lowest BCUT2D eigenvalue weighted by Gasteiger charge is -2.41. The van der Waals surface area contributed by atoms with Crippen LogP contribution in [0.2, 0.25) is 0 Å². The molecular formula is C20H18N4O4. The number of carbonyl (C=O) groups is 2. The number of urea groups is 1. The van der Waals surface area contributed by atoms with Gasteiger partial charge in [-0.15, -0.1) is 0 Å². The first-order chi connectivity index (χ1) is 13.6. The number of hydrogen-bond acceptors (Lipinski definition) is 6. The molecule has 1 aromatic carbocycles. The van der Waals surface area contributed by atoms with Gasteiger partial charge in [0, 0.05) is 31.7 Å². The normalized spacial score (nSPS) is 27.8. The van der Waals surface area contributed by atoms with Gasteiger partial charge in [0.1, 0.15) is 5.54 Å². The van der Waals surface area contributed by atoms with Gasteiger partial charge in [-0.05, 0) is 42.4 Å². The van der Waals surface area contributed by atoms with Crippen LogP contribution in [0.5, 0.6) is 11.5 Å². The zero-order valence-corrected chi connectivity index (χ0v) is 15.3.